The molecule has 0 fully saturated rings. The average molecular weight is 155 g/mol. The van der Waals surface area contributed by atoms with Gasteiger partial charge in [-0.1, -0.05) is 5.16 Å². The highest BCUT2D eigenvalue weighted by Gasteiger charge is 1.94. The number of oxime groups is 1. The van der Waals surface area contributed by atoms with Crippen molar-refractivity contribution in [2.45, 2.75) is 0 Å². The molecule has 7 nitrogen and oxygen atoms in total. The molecule has 0 bridgehead atoms. The molecular formula is C4H5N5O2. The van der Waals surface area contributed by atoms with Crippen LogP contribution in [0.1, 0.15) is 5.82 Å². The lowest BCUT2D eigenvalue weighted by atomic mass is 10.6. The van der Waals surface area contributed by atoms with E-state index >= 15 is 0 Å². The van der Waals surface area contributed by atoms with Crippen LogP contribution < -0.4 is 11.4 Å². The maximum atomic E-state index is 10.6. The second-order valence-electron chi connectivity index (χ2n) is 1.64. The Kier molecular flexibility index (Phi) is 1.81. The molecule has 0 aromatic carbocycles. The maximum absolute atomic E-state index is 10.6. The molecule has 0 saturated carbocycles. The minimum Gasteiger partial charge on any atom is -0.411 e. The van der Waals surface area contributed by atoms with E-state index in [1.807, 2.05) is 0 Å². The molecule has 0 atom stereocenters. The number of aromatic amines is 1. The molecule has 0 amide bonds. The Labute approximate surface area is 60.6 Å². The summed E-state index contributed by atoms with van der Waals surface area (Å²) < 4.78 is 0. The van der Waals surface area contributed by atoms with Crippen molar-refractivity contribution >= 4 is 12.2 Å². The third-order valence-electron chi connectivity index (χ3n) is 0.866. The second kappa shape index (κ2) is 2.78. The van der Waals surface area contributed by atoms with Crippen LogP contribution in [-0.4, -0.2) is 26.4 Å². The molecule has 0 spiro atoms. The van der Waals surface area contributed by atoms with Crippen molar-refractivity contribution in [2.75, 3.05) is 5.73 Å². The van der Waals surface area contributed by atoms with E-state index in [1.165, 1.54) is 0 Å². The van der Waals surface area contributed by atoms with Crippen LogP contribution in [0.4, 0.5) is 5.95 Å². The molecule has 1 aromatic rings. The van der Waals surface area contributed by atoms with Crippen molar-refractivity contribution < 1.29 is 5.21 Å². The fraction of sp³-hybridized carbons (Fsp3) is 0. The highest BCUT2D eigenvalue weighted by molar-refractivity contribution is 5.73. The van der Waals surface area contributed by atoms with Crippen LogP contribution >= 0.6 is 0 Å². The predicted molar refractivity (Wildman–Crippen MR) is 36.4 cm³/mol. The second-order valence-corrected chi connectivity index (χ2v) is 1.64. The van der Waals surface area contributed by atoms with E-state index in [0.29, 0.717) is 0 Å². The SMILES string of the molecule is Nc1nc(/C=N/O)[nH]c(=O)n1. The van der Waals surface area contributed by atoms with Gasteiger partial charge in [0.2, 0.25) is 5.95 Å². The van der Waals surface area contributed by atoms with E-state index in [0.717, 1.165) is 6.21 Å². The summed E-state index contributed by atoms with van der Waals surface area (Å²) in [4.78, 5) is 19.5. The molecular weight excluding hydrogens is 150 g/mol. The Morgan fingerprint density at radius 1 is 1.64 bits per heavy atom. The van der Waals surface area contributed by atoms with Crippen LogP contribution in [0.15, 0.2) is 9.95 Å². The van der Waals surface area contributed by atoms with Gasteiger partial charge in [0.15, 0.2) is 5.82 Å². The fourth-order valence-corrected chi connectivity index (χ4v) is 0.534. The summed E-state index contributed by atoms with van der Waals surface area (Å²) in [6.07, 6.45) is 0.944. The molecule has 1 aromatic heterocycles. The first-order chi connectivity index (χ1) is 5.22. The molecule has 0 aliphatic carbocycles. The minimum absolute atomic E-state index is 0.0602. The largest absolute Gasteiger partial charge is 0.411 e. The van der Waals surface area contributed by atoms with Crippen LogP contribution in [0.3, 0.4) is 0 Å². The summed E-state index contributed by atoms with van der Waals surface area (Å²) in [5.74, 6) is -0.103. The standard InChI is InChI=1S/C4H5N5O2/c5-3-7-2(1-6-11)8-4(10)9-3/h1,11H,(H3,5,7,8,9,10)/b6-1+. The molecule has 1 rings (SSSR count). The van der Waals surface area contributed by atoms with Gasteiger partial charge in [0.25, 0.3) is 0 Å². The monoisotopic (exact) mass is 155 g/mol. The van der Waals surface area contributed by atoms with Gasteiger partial charge in [0.1, 0.15) is 6.21 Å². The Balaban J connectivity index is 3.19. The Morgan fingerprint density at radius 2 is 2.36 bits per heavy atom. The zero-order chi connectivity index (χ0) is 8.27. The molecule has 1 heterocycles. The van der Waals surface area contributed by atoms with E-state index in [4.69, 9.17) is 10.9 Å². The highest BCUT2D eigenvalue weighted by Crippen LogP contribution is 1.83. The predicted octanol–water partition coefficient (Wildman–Crippen LogP) is -1.44. The molecule has 4 N–H and O–H groups in total. The first kappa shape index (κ1) is 7.19. The van der Waals surface area contributed by atoms with Crippen molar-refractivity contribution in [1.29, 1.82) is 0 Å². The lowest BCUT2D eigenvalue weighted by Crippen LogP contribution is -2.17. The van der Waals surface area contributed by atoms with Gasteiger partial charge in [-0.25, -0.2) is 4.79 Å². The normalized spacial score (nSPS) is 10.5. The van der Waals surface area contributed by atoms with Gasteiger partial charge in [0, 0.05) is 0 Å². The quantitative estimate of drug-likeness (QED) is 0.260. The number of rotatable bonds is 1. The first-order valence-electron chi connectivity index (χ1n) is 2.63. The van der Waals surface area contributed by atoms with Crippen LogP contribution in [0.2, 0.25) is 0 Å². The lowest BCUT2D eigenvalue weighted by molar-refractivity contribution is 0.321. The van der Waals surface area contributed by atoms with Gasteiger partial charge in [-0.2, -0.15) is 9.97 Å². The van der Waals surface area contributed by atoms with E-state index in [-0.39, 0.29) is 11.8 Å². The van der Waals surface area contributed by atoms with Crippen molar-refractivity contribution in [1.82, 2.24) is 15.0 Å². The highest BCUT2D eigenvalue weighted by atomic mass is 16.4. The van der Waals surface area contributed by atoms with Crippen LogP contribution in [0, 0.1) is 0 Å². The van der Waals surface area contributed by atoms with E-state index < -0.39 is 5.69 Å². The van der Waals surface area contributed by atoms with Crippen molar-refractivity contribution in [3.8, 4) is 0 Å². The number of hydrogen-bond acceptors (Lipinski definition) is 6. The molecule has 0 unspecified atom stereocenters. The van der Waals surface area contributed by atoms with Gasteiger partial charge >= 0.3 is 5.69 Å². The first-order valence-corrected chi connectivity index (χ1v) is 2.63. The molecule has 58 valence electrons. The summed E-state index contributed by atoms with van der Waals surface area (Å²) in [5.41, 5.74) is 4.47. The van der Waals surface area contributed by atoms with Gasteiger partial charge in [-0.05, 0) is 0 Å². The number of nitrogens with one attached hydrogen (secondary N) is 1. The van der Waals surface area contributed by atoms with Crippen LogP contribution in [-0.2, 0) is 0 Å². The summed E-state index contributed by atoms with van der Waals surface area (Å²) in [7, 11) is 0. The van der Waals surface area contributed by atoms with Crippen LogP contribution in [0.5, 0.6) is 0 Å². The number of nitrogens with two attached hydrogens (primary N) is 1. The van der Waals surface area contributed by atoms with E-state index in [9.17, 15) is 4.79 Å². The number of anilines is 1. The Hall–Kier alpha value is -1.92. The smallest absolute Gasteiger partial charge is 0.349 e. The summed E-state index contributed by atoms with van der Waals surface area (Å²) >= 11 is 0. The van der Waals surface area contributed by atoms with Crippen molar-refractivity contribution in [2.24, 2.45) is 5.16 Å². The molecule has 7 heteroatoms. The number of nitrogens with zero attached hydrogens (tertiary/aromatic N) is 3. The van der Waals surface area contributed by atoms with Crippen LogP contribution in [0.25, 0.3) is 0 Å². The third kappa shape index (κ3) is 1.75. The topological polar surface area (TPSA) is 117 Å². The zero-order valence-corrected chi connectivity index (χ0v) is 5.35. The summed E-state index contributed by atoms with van der Waals surface area (Å²) in [5, 5.41) is 10.7. The zero-order valence-electron chi connectivity index (χ0n) is 5.35. The fourth-order valence-electron chi connectivity index (χ4n) is 0.534. The van der Waals surface area contributed by atoms with Gasteiger partial charge < -0.3 is 10.9 Å². The van der Waals surface area contributed by atoms with Gasteiger partial charge in [-0.3, -0.25) is 4.98 Å². The lowest BCUT2D eigenvalue weighted by Gasteiger charge is -1.90. The molecule has 0 aliphatic heterocycles. The number of H-pyrrole nitrogens is 1. The number of nitrogen functional groups attached to an aromatic ring is 1. The number of hydrogen-bond donors (Lipinski definition) is 3. The van der Waals surface area contributed by atoms with E-state index in [2.05, 4.69) is 20.1 Å². The Morgan fingerprint density at radius 3 is 2.91 bits per heavy atom. The number of aromatic nitrogens is 3. The molecule has 0 saturated heterocycles. The van der Waals surface area contributed by atoms with Crippen molar-refractivity contribution in [3.05, 3.63) is 16.3 Å². The summed E-state index contributed by atoms with van der Waals surface area (Å²) in [6, 6.07) is 0. The van der Waals surface area contributed by atoms with Gasteiger partial charge in [0.05, 0.1) is 0 Å². The third-order valence-corrected chi connectivity index (χ3v) is 0.866. The minimum atomic E-state index is -0.632. The Bertz CT molecular complexity index is 329. The maximum Gasteiger partial charge on any atom is 0.349 e. The van der Waals surface area contributed by atoms with E-state index in [1.54, 1.807) is 0 Å². The summed E-state index contributed by atoms with van der Waals surface area (Å²) in [6.45, 7) is 0. The van der Waals surface area contributed by atoms with Crippen molar-refractivity contribution in [3.63, 3.8) is 0 Å². The average Bonchev–Trinajstić information content (AvgIpc) is 1.85. The molecule has 11 heavy (non-hydrogen) atoms. The molecule has 0 aliphatic rings. The van der Waals surface area contributed by atoms with Gasteiger partial charge in [-0.15, -0.1) is 0 Å². The molecule has 0 radical (unpaired) electrons.